The molecule has 3 amide bonds. The van der Waals surface area contributed by atoms with Gasteiger partial charge in [-0.05, 0) is 37.2 Å². The molecule has 0 fully saturated rings. The number of thioether (sulfide) groups is 1. The van der Waals surface area contributed by atoms with Crippen molar-refractivity contribution in [3.05, 3.63) is 0 Å². The number of thiol groups is 1. The Labute approximate surface area is 210 Å². The molecule has 0 radical (unpaired) electrons. The Kier molecular flexibility index (Phi) is 16.2. The molecule has 196 valence electrons. The maximum absolute atomic E-state index is 13.0. The Hall–Kier alpha value is -2.19. The fraction of sp³-hybridized carbons (Fsp3) is 0.750. The lowest BCUT2D eigenvalue weighted by atomic mass is 9.98. The van der Waals surface area contributed by atoms with Gasteiger partial charge >= 0.3 is 5.97 Å². The van der Waals surface area contributed by atoms with Crippen LogP contribution in [-0.4, -0.2) is 83.2 Å². The Morgan fingerprint density at radius 1 is 1.03 bits per heavy atom. The molecule has 0 aliphatic heterocycles. The number of rotatable bonds is 17. The summed E-state index contributed by atoms with van der Waals surface area (Å²) in [5, 5.41) is 17.3. The van der Waals surface area contributed by atoms with E-state index in [4.69, 9.17) is 17.2 Å². The van der Waals surface area contributed by atoms with E-state index >= 15 is 0 Å². The number of carbonyl (C=O) groups is 4. The number of guanidine groups is 1. The second-order valence-corrected chi connectivity index (χ2v) is 9.20. The summed E-state index contributed by atoms with van der Waals surface area (Å²) in [4.78, 5) is 53.7. The number of nitrogens with one attached hydrogen (secondary N) is 3. The van der Waals surface area contributed by atoms with Crippen LogP contribution >= 0.6 is 24.4 Å². The SMILES string of the molecule is CCC(C)C(NC(=O)C(CCCN=C(N)N)NC(=O)C(CCSC)NC(=O)C(N)CS)C(=O)O. The van der Waals surface area contributed by atoms with E-state index in [-0.39, 0.29) is 30.6 Å². The molecule has 0 saturated carbocycles. The number of aliphatic imine (C=N–C) groups is 1. The van der Waals surface area contributed by atoms with Crippen LogP contribution in [0.4, 0.5) is 0 Å². The molecule has 0 aliphatic carbocycles. The second-order valence-electron chi connectivity index (χ2n) is 7.85. The Balaban J connectivity index is 5.59. The molecule has 5 unspecified atom stereocenters. The van der Waals surface area contributed by atoms with Gasteiger partial charge in [0.25, 0.3) is 0 Å². The average molecular weight is 522 g/mol. The van der Waals surface area contributed by atoms with Gasteiger partial charge in [-0.25, -0.2) is 4.79 Å². The zero-order chi connectivity index (χ0) is 26.3. The monoisotopic (exact) mass is 521 g/mol. The third-order valence-corrected chi connectivity index (χ3v) is 6.17. The van der Waals surface area contributed by atoms with Gasteiger partial charge in [-0.15, -0.1) is 0 Å². The molecule has 0 spiro atoms. The highest BCUT2D eigenvalue weighted by atomic mass is 32.2. The molecule has 0 heterocycles. The first-order valence-electron chi connectivity index (χ1n) is 11.0. The van der Waals surface area contributed by atoms with Crippen LogP contribution in [0.15, 0.2) is 4.99 Å². The van der Waals surface area contributed by atoms with Gasteiger partial charge in [0.05, 0.1) is 6.04 Å². The lowest BCUT2D eigenvalue weighted by Gasteiger charge is -2.26. The highest BCUT2D eigenvalue weighted by molar-refractivity contribution is 7.98. The predicted octanol–water partition coefficient (Wildman–Crippen LogP) is -1.36. The number of hydrogen-bond acceptors (Lipinski definition) is 8. The zero-order valence-corrected chi connectivity index (χ0v) is 21.7. The Morgan fingerprint density at radius 2 is 1.59 bits per heavy atom. The van der Waals surface area contributed by atoms with E-state index < -0.39 is 47.9 Å². The third kappa shape index (κ3) is 12.3. The van der Waals surface area contributed by atoms with E-state index in [1.807, 2.05) is 13.2 Å². The molecule has 34 heavy (non-hydrogen) atoms. The molecule has 5 atom stereocenters. The number of carboxylic acids is 1. The van der Waals surface area contributed by atoms with E-state index in [2.05, 4.69) is 33.6 Å². The molecule has 0 saturated heterocycles. The highest BCUT2D eigenvalue weighted by Gasteiger charge is 2.31. The second kappa shape index (κ2) is 17.3. The van der Waals surface area contributed by atoms with Crippen LogP contribution in [0.2, 0.25) is 0 Å². The van der Waals surface area contributed by atoms with Crippen LogP contribution in [0.25, 0.3) is 0 Å². The molecular formula is C20H39N7O5S2. The van der Waals surface area contributed by atoms with E-state index in [1.165, 1.54) is 11.8 Å². The van der Waals surface area contributed by atoms with Crippen molar-refractivity contribution in [2.45, 2.75) is 63.7 Å². The Morgan fingerprint density at radius 3 is 2.09 bits per heavy atom. The van der Waals surface area contributed by atoms with Crippen molar-refractivity contribution < 1.29 is 24.3 Å². The van der Waals surface area contributed by atoms with Gasteiger partial charge in [0.1, 0.15) is 18.1 Å². The lowest BCUT2D eigenvalue weighted by Crippen LogP contribution is -2.58. The first-order chi connectivity index (χ1) is 16.0. The quantitative estimate of drug-likeness (QED) is 0.0490. The normalized spacial score (nSPS) is 15.2. The van der Waals surface area contributed by atoms with Gasteiger partial charge in [-0.1, -0.05) is 20.3 Å². The fourth-order valence-corrected chi connectivity index (χ4v) is 3.49. The van der Waals surface area contributed by atoms with E-state index in [0.717, 1.165) is 0 Å². The number of carboxylic acid groups (broad SMARTS) is 1. The van der Waals surface area contributed by atoms with Gasteiger partial charge in [0.2, 0.25) is 17.7 Å². The molecule has 0 aromatic carbocycles. The van der Waals surface area contributed by atoms with Crippen molar-refractivity contribution in [1.82, 2.24) is 16.0 Å². The van der Waals surface area contributed by atoms with Crippen molar-refractivity contribution in [1.29, 1.82) is 0 Å². The predicted molar refractivity (Wildman–Crippen MR) is 138 cm³/mol. The number of nitrogens with two attached hydrogens (primary N) is 3. The van der Waals surface area contributed by atoms with Crippen LogP contribution in [0.3, 0.4) is 0 Å². The maximum atomic E-state index is 13.0. The Bertz CT molecular complexity index is 707. The maximum Gasteiger partial charge on any atom is 0.326 e. The largest absolute Gasteiger partial charge is 0.480 e. The smallest absolute Gasteiger partial charge is 0.326 e. The number of amides is 3. The van der Waals surface area contributed by atoms with Crippen molar-refractivity contribution in [2.24, 2.45) is 28.1 Å². The molecule has 0 rings (SSSR count). The zero-order valence-electron chi connectivity index (χ0n) is 20.0. The third-order valence-electron chi connectivity index (χ3n) is 5.13. The van der Waals surface area contributed by atoms with Gasteiger partial charge < -0.3 is 38.3 Å². The number of hydrogen-bond donors (Lipinski definition) is 8. The fourth-order valence-electron chi connectivity index (χ4n) is 2.85. The minimum atomic E-state index is -1.17. The van der Waals surface area contributed by atoms with Crippen LogP contribution in [0.5, 0.6) is 0 Å². The molecule has 0 aliphatic rings. The summed E-state index contributed by atoms with van der Waals surface area (Å²) in [5.41, 5.74) is 16.3. The number of aliphatic carboxylic acids is 1. The minimum Gasteiger partial charge on any atom is -0.480 e. The standard InChI is InChI=1S/C20H39N7O5S2/c1-4-11(2)15(19(31)32)27-18(30)13(6-5-8-24-20(22)23)26-17(29)14(7-9-34-3)25-16(28)12(21)10-33/h11-15,33H,4-10,21H2,1-3H3,(H,25,28)(H,26,29)(H,27,30)(H,31,32)(H4,22,23,24). The van der Waals surface area contributed by atoms with Crippen LogP contribution in [0.1, 0.15) is 39.5 Å². The summed E-state index contributed by atoms with van der Waals surface area (Å²) >= 11 is 5.49. The van der Waals surface area contributed by atoms with Crippen molar-refractivity contribution in [2.75, 3.05) is 24.3 Å². The molecule has 0 aromatic heterocycles. The van der Waals surface area contributed by atoms with Gasteiger partial charge in [0.15, 0.2) is 5.96 Å². The molecule has 0 bridgehead atoms. The summed E-state index contributed by atoms with van der Waals surface area (Å²) in [6.45, 7) is 3.75. The first kappa shape index (κ1) is 31.8. The van der Waals surface area contributed by atoms with Crippen molar-refractivity contribution in [3.63, 3.8) is 0 Å². The van der Waals surface area contributed by atoms with Gasteiger partial charge in [0, 0.05) is 12.3 Å². The lowest BCUT2D eigenvalue weighted by molar-refractivity contribution is -0.144. The van der Waals surface area contributed by atoms with Crippen LogP contribution < -0.4 is 33.2 Å². The molecule has 12 nitrogen and oxygen atoms in total. The molecule has 14 heteroatoms. The average Bonchev–Trinajstić information content (AvgIpc) is 2.79. The van der Waals surface area contributed by atoms with E-state index in [1.54, 1.807) is 6.92 Å². The summed E-state index contributed by atoms with van der Waals surface area (Å²) in [7, 11) is 0. The van der Waals surface area contributed by atoms with Gasteiger partial charge in [-0.3, -0.25) is 19.4 Å². The minimum absolute atomic E-state index is 0.102. The molecule has 10 N–H and O–H groups in total. The summed E-state index contributed by atoms with van der Waals surface area (Å²) in [6.07, 6.45) is 3.21. The number of nitrogens with zero attached hydrogens (tertiary/aromatic N) is 1. The van der Waals surface area contributed by atoms with Crippen molar-refractivity contribution in [3.8, 4) is 0 Å². The molecular weight excluding hydrogens is 482 g/mol. The van der Waals surface area contributed by atoms with Crippen LogP contribution in [-0.2, 0) is 19.2 Å². The van der Waals surface area contributed by atoms with Crippen molar-refractivity contribution >= 4 is 54.0 Å². The topological polar surface area (TPSA) is 215 Å². The summed E-state index contributed by atoms with van der Waals surface area (Å²) in [6, 6.07) is -3.99. The highest BCUT2D eigenvalue weighted by Crippen LogP contribution is 2.10. The summed E-state index contributed by atoms with van der Waals surface area (Å²) < 4.78 is 0. The van der Waals surface area contributed by atoms with E-state index in [9.17, 15) is 24.3 Å². The first-order valence-corrected chi connectivity index (χ1v) is 13.1. The van der Waals surface area contributed by atoms with E-state index in [0.29, 0.717) is 25.0 Å². The van der Waals surface area contributed by atoms with Crippen LogP contribution in [0, 0.1) is 5.92 Å². The number of carbonyl (C=O) groups excluding carboxylic acids is 3. The molecule has 0 aromatic rings. The van der Waals surface area contributed by atoms with Gasteiger partial charge in [-0.2, -0.15) is 24.4 Å². The summed E-state index contributed by atoms with van der Waals surface area (Å²) in [5.74, 6) is -2.68.